The van der Waals surface area contributed by atoms with Gasteiger partial charge in [0.1, 0.15) is 31.2 Å². The highest BCUT2D eigenvalue weighted by Gasteiger charge is 2.53. The van der Waals surface area contributed by atoms with Crippen LogP contribution >= 0.6 is 0 Å². The summed E-state index contributed by atoms with van der Waals surface area (Å²) in [4.78, 5) is 124. The average Bonchev–Trinajstić information content (AvgIpc) is 0.755. The predicted molar refractivity (Wildman–Crippen MR) is 379 cm³/mol. The standard InChI is InChI=1S/C40H37F3N2O9.C25H21F3N2O3.C14H18O5/c1-5-51-36(48)39(37(49)52-6-2,27-12-8-7-9-13-27)24-53-38(50)54-29-20-21-32-33(22-29)45(25(3)4)34(46)23-44(32)35(47)31-15-11-10-14-30(31)26-16-18-28(19-17-26)40(41,42)43;1-15(2)30-22-13-18(31)11-12-21(22)29(14-23(30)32)24(33)20-6-4-3-5-19(20)16-7-9-17(10-8-16)25(26,27)28;1-3-18-12(16)14(10-15,13(17)19-4-2)11-8-6-5-7-9-11/h7-22,25H,5-6,23-24H2,1-4H3;3-13,15,31H,14H2,1-2H3;5-9,15H,3-4,10H2,1-2H3. The molecule has 2 N–H and O–H groups in total. The zero-order valence-electron chi connectivity index (χ0n) is 58.9. The monoisotopic (exact) mass is 1470 g/mol. The minimum Gasteiger partial charge on any atom is -0.508 e. The Morgan fingerprint density at radius 1 is 0.425 bits per heavy atom. The minimum atomic E-state index is -4.54. The first-order valence-electron chi connectivity index (χ1n) is 33.5. The third-order valence-corrected chi connectivity index (χ3v) is 16.9. The second kappa shape index (κ2) is 34.6. The summed E-state index contributed by atoms with van der Waals surface area (Å²) >= 11 is 0. The number of aromatic hydroxyl groups is 1. The van der Waals surface area contributed by atoms with E-state index in [1.165, 1.54) is 92.4 Å². The van der Waals surface area contributed by atoms with Gasteiger partial charge in [-0.25, -0.2) is 4.79 Å². The first kappa shape index (κ1) is 79.8. The number of alkyl halides is 6. The molecule has 0 unspecified atom stereocenters. The maximum atomic E-state index is 14.2. The van der Waals surface area contributed by atoms with Gasteiger partial charge >= 0.3 is 42.4 Å². The highest BCUT2D eigenvalue weighted by Crippen LogP contribution is 2.43. The van der Waals surface area contributed by atoms with Gasteiger partial charge in [-0.2, -0.15) is 26.3 Å². The van der Waals surface area contributed by atoms with Crippen LogP contribution in [0, 0.1) is 0 Å². The van der Waals surface area contributed by atoms with E-state index in [4.69, 9.17) is 28.4 Å². The van der Waals surface area contributed by atoms with Crippen LogP contribution in [0.25, 0.3) is 22.3 Å². The number of amides is 4. The lowest BCUT2D eigenvalue weighted by Gasteiger charge is -2.38. The second-order valence-electron chi connectivity index (χ2n) is 24.3. The number of aliphatic hydroxyl groups is 1. The highest BCUT2D eigenvalue weighted by molar-refractivity contribution is 6.19. The van der Waals surface area contributed by atoms with Crippen molar-refractivity contribution in [2.24, 2.45) is 0 Å². The molecule has 0 aromatic heterocycles. The van der Waals surface area contributed by atoms with Crippen LogP contribution in [-0.4, -0.2) is 129 Å². The molecule has 2 aliphatic rings. The van der Waals surface area contributed by atoms with Crippen LogP contribution in [0.3, 0.4) is 0 Å². The van der Waals surface area contributed by atoms with Crippen LogP contribution in [-0.2, 0) is 75.6 Å². The van der Waals surface area contributed by atoms with Gasteiger partial charge in [-0.1, -0.05) is 121 Å². The van der Waals surface area contributed by atoms with Crippen molar-refractivity contribution in [3.8, 4) is 33.8 Å². The van der Waals surface area contributed by atoms with Crippen molar-refractivity contribution in [2.75, 3.05) is 72.3 Å². The largest absolute Gasteiger partial charge is 0.513 e. The van der Waals surface area contributed by atoms with Crippen LogP contribution in [0.4, 0.5) is 53.9 Å². The predicted octanol–water partition coefficient (Wildman–Crippen LogP) is 13.9. The molecule has 0 saturated carbocycles. The number of rotatable bonds is 20. The maximum Gasteiger partial charge on any atom is 0.513 e. The fourth-order valence-corrected chi connectivity index (χ4v) is 11.9. The van der Waals surface area contributed by atoms with Crippen molar-refractivity contribution < 1.29 is 108 Å². The molecule has 0 atom stereocenters. The van der Waals surface area contributed by atoms with Gasteiger partial charge in [0, 0.05) is 35.3 Å². The summed E-state index contributed by atoms with van der Waals surface area (Å²) in [5, 5.41) is 19.6. The smallest absolute Gasteiger partial charge is 0.508 e. The summed E-state index contributed by atoms with van der Waals surface area (Å²) in [6, 6.07) is 46.2. The number of phenolic OH excluding ortho intramolecular Hbond substituents is 1. The number of phenols is 1. The van der Waals surface area contributed by atoms with E-state index in [-0.39, 0.29) is 85.3 Å². The summed E-state index contributed by atoms with van der Waals surface area (Å²) in [6.45, 7) is 11.6. The maximum absolute atomic E-state index is 14.2. The first-order valence-corrected chi connectivity index (χ1v) is 33.5. The molecule has 10 rings (SSSR count). The van der Waals surface area contributed by atoms with Gasteiger partial charge in [0.2, 0.25) is 22.6 Å². The van der Waals surface area contributed by atoms with Gasteiger partial charge in [0.25, 0.3) is 11.8 Å². The van der Waals surface area contributed by atoms with E-state index in [0.717, 1.165) is 24.3 Å². The molecule has 0 radical (unpaired) electrons. The quantitative estimate of drug-likeness (QED) is 0.0236. The number of hydrogen-bond acceptors (Lipinski definition) is 17. The number of anilines is 4. The molecule has 0 saturated heterocycles. The van der Waals surface area contributed by atoms with Crippen molar-refractivity contribution in [1.82, 2.24) is 0 Å². The molecular weight excluding hydrogens is 1390 g/mol. The topological polar surface area (TPSA) is 262 Å². The number of ether oxygens (including phenoxy) is 6. The SMILES string of the molecule is CC(C)N1C(=O)CN(C(=O)c2ccccc2-c2ccc(C(F)(F)F)cc2)c2ccc(O)cc21.CCOC(=O)C(CO)(C(=O)OCC)c1ccccc1.CCOC(=O)C(COC(=O)Oc1ccc2c(c1)N(C(C)C)C(=O)CN2C(=O)c1ccccc1-c1ccc(C(F)(F)F)cc1)(C(=O)OCC)c1ccccc1. The molecule has 2 aliphatic heterocycles. The van der Waals surface area contributed by atoms with E-state index in [1.807, 2.05) is 13.8 Å². The summed E-state index contributed by atoms with van der Waals surface area (Å²) in [6.07, 6.45) is -10.3. The first-order chi connectivity index (χ1) is 50.4. The summed E-state index contributed by atoms with van der Waals surface area (Å²) in [7, 11) is 0. The fraction of sp³-hybridized carbons (Fsp3) is 0.278. The van der Waals surface area contributed by atoms with Gasteiger partial charge < -0.3 is 48.4 Å². The molecule has 0 aliphatic carbocycles. The van der Waals surface area contributed by atoms with Crippen molar-refractivity contribution in [3.63, 3.8) is 0 Å². The summed E-state index contributed by atoms with van der Waals surface area (Å²) in [5.74, 6) is -5.53. The number of halogens is 6. The van der Waals surface area contributed by atoms with Crippen LogP contribution in [0.2, 0.25) is 0 Å². The van der Waals surface area contributed by atoms with Crippen molar-refractivity contribution >= 4 is 76.4 Å². The number of benzene rings is 8. The summed E-state index contributed by atoms with van der Waals surface area (Å²) in [5.41, 5.74) is -1.65. The molecule has 4 amide bonds. The van der Waals surface area contributed by atoms with Gasteiger partial charge in [-0.15, -0.1) is 0 Å². The minimum absolute atomic E-state index is 0.0355. The molecule has 106 heavy (non-hydrogen) atoms. The Morgan fingerprint density at radius 2 is 0.783 bits per heavy atom. The number of nitrogens with zero attached hydrogens (tertiary/aromatic N) is 4. The Bertz CT molecular complexity index is 4460. The van der Waals surface area contributed by atoms with Gasteiger partial charge in [0.05, 0.1) is 66.9 Å². The summed E-state index contributed by atoms with van der Waals surface area (Å²) < 4.78 is 110. The number of aliphatic hydroxyl groups excluding tert-OH is 1. The Kier molecular flexibility index (Phi) is 26.1. The van der Waals surface area contributed by atoms with Gasteiger partial charge in [-0.05, 0) is 149 Å². The molecule has 0 spiro atoms. The fourth-order valence-electron chi connectivity index (χ4n) is 11.9. The molecule has 2 heterocycles. The van der Waals surface area contributed by atoms with Crippen LogP contribution < -0.4 is 24.3 Å². The van der Waals surface area contributed by atoms with E-state index >= 15 is 0 Å². The normalized spacial score (nSPS) is 12.9. The Labute approximate surface area is 606 Å². The Hall–Kier alpha value is -11.9. The van der Waals surface area contributed by atoms with Crippen molar-refractivity contribution in [1.29, 1.82) is 0 Å². The number of carbonyl (C=O) groups excluding carboxylic acids is 9. The zero-order valence-corrected chi connectivity index (χ0v) is 58.9. The number of carbonyl (C=O) groups is 9. The highest BCUT2D eigenvalue weighted by atomic mass is 19.4. The second-order valence-corrected chi connectivity index (χ2v) is 24.3. The molecule has 0 bridgehead atoms. The van der Waals surface area contributed by atoms with E-state index in [1.54, 1.807) is 139 Å². The lowest BCUT2D eigenvalue weighted by atomic mass is 9.81. The number of fused-ring (bicyclic) bond motifs is 2. The van der Waals surface area contributed by atoms with E-state index < -0.39 is 101 Å². The van der Waals surface area contributed by atoms with Gasteiger partial charge in [0.15, 0.2) is 0 Å². The van der Waals surface area contributed by atoms with E-state index in [0.29, 0.717) is 44.9 Å². The van der Waals surface area contributed by atoms with Gasteiger partial charge in [-0.3, -0.25) is 48.2 Å². The average molecular weight is 1470 g/mol. The lowest BCUT2D eigenvalue weighted by Crippen LogP contribution is -2.50. The Balaban J connectivity index is 0.000000229. The van der Waals surface area contributed by atoms with Crippen LogP contribution in [0.15, 0.2) is 194 Å². The number of esters is 4. The van der Waals surface area contributed by atoms with E-state index in [9.17, 15) is 79.7 Å². The van der Waals surface area contributed by atoms with Crippen molar-refractivity contribution in [3.05, 3.63) is 228 Å². The zero-order chi connectivity index (χ0) is 77.4. The molecule has 21 nitrogen and oxygen atoms in total. The van der Waals surface area contributed by atoms with Crippen molar-refractivity contribution in [2.45, 2.75) is 90.7 Å². The third-order valence-electron chi connectivity index (χ3n) is 16.9. The lowest BCUT2D eigenvalue weighted by molar-refractivity contribution is -0.169. The molecule has 27 heteroatoms. The molecule has 8 aromatic rings. The molecule has 8 aromatic carbocycles. The number of hydrogen-bond donors (Lipinski definition) is 2. The molecule has 0 fully saturated rings. The third kappa shape index (κ3) is 17.5. The van der Waals surface area contributed by atoms with Crippen LogP contribution in [0.5, 0.6) is 11.5 Å². The van der Waals surface area contributed by atoms with E-state index in [2.05, 4.69) is 0 Å². The molecule has 556 valence electrons. The Morgan fingerprint density at radius 3 is 1.16 bits per heavy atom. The molecular formula is C79H76F6N4O17. The van der Waals surface area contributed by atoms with Crippen LogP contribution in [0.1, 0.15) is 98.4 Å².